The molecule has 0 aliphatic carbocycles. The molecule has 0 spiro atoms. The Morgan fingerprint density at radius 3 is 2.42 bits per heavy atom. The Hall–Kier alpha value is -2.99. The van der Waals surface area contributed by atoms with E-state index in [1.165, 1.54) is 17.8 Å². The van der Waals surface area contributed by atoms with Crippen LogP contribution in [0.2, 0.25) is 0 Å². The van der Waals surface area contributed by atoms with Gasteiger partial charge in [0.25, 0.3) is 0 Å². The first-order valence-corrected chi connectivity index (χ1v) is 8.90. The quantitative estimate of drug-likeness (QED) is 0.542. The van der Waals surface area contributed by atoms with Crippen molar-refractivity contribution < 1.29 is 4.79 Å². The lowest BCUT2D eigenvalue weighted by atomic mass is 10.3. The van der Waals surface area contributed by atoms with Gasteiger partial charge in [-0.1, -0.05) is 6.07 Å². The zero-order chi connectivity index (χ0) is 18.4. The van der Waals surface area contributed by atoms with Gasteiger partial charge in [0.1, 0.15) is 0 Å². The first kappa shape index (κ1) is 17.8. The van der Waals surface area contributed by atoms with E-state index in [2.05, 4.69) is 20.3 Å². The molecule has 1 aromatic carbocycles. The van der Waals surface area contributed by atoms with Crippen molar-refractivity contribution in [3.63, 3.8) is 0 Å². The molecule has 1 amide bonds. The van der Waals surface area contributed by atoms with Crippen molar-refractivity contribution in [1.29, 1.82) is 0 Å². The average Bonchev–Trinajstić information content (AvgIpc) is 2.62. The highest BCUT2D eigenvalue weighted by Gasteiger charge is 2.04. The number of carbonyl (C=O) groups is 1. The summed E-state index contributed by atoms with van der Waals surface area (Å²) in [5.41, 5.74) is 3.36. The van der Waals surface area contributed by atoms with E-state index in [0.29, 0.717) is 0 Å². The molecule has 1 N–H and O–H groups in total. The van der Waals surface area contributed by atoms with Gasteiger partial charge >= 0.3 is 0 Å². The second kappa shape index (κ2) is 8.40. The fourth-order valence-corrected chi connectivity index (χ4v) is 3.13. The van der Waals surface area contributed by atoms with Gasteiger partial charge in [0.15, 0.2) is 5.16 Å². The van der Waals surface area contributed by atoms with Crippen molar-refractivity contribution in [2.24, 2.45) is 0 Å². The molecule has 0 atom stereocenters. The summed E-state index contributed by atoms with van der Waals surface area (Å²) in [6, 6.07) is 15.1. The van der Waals surface area contributed by atoms with Gasteiger partial charge < -0.3 is 5.32 Å². The van der Waals surface area contributed by atoms with Gasteiger partial charge in [-0.3, -0.25) is 9.78 Å². The van der Waals surface area contributed by atoms with E-state index in [1.54, 1.807) is 12.3 Å². The summed E-state index contributed by atoms with van der Waals surface area (Å²) in [6.45, 7) is 3.91. The molecule has 3 rings (SSSR count). The van der Waals surface area contributed by atoms with Crippen LogP contribution in [0.5, 0.6) is 0 Å². The molecule has 5 nitrogen and oxygen atoms in total. The van der Waals surface area contributed by atoms with Crippen LogP contribution >= 0.6 is 11.8 Å². The van der Waals surface area contributed by atoms with Crippen molar-refractivity contribution in [2.75, 3.05) is 5.32 Å². The molecule has 26 heavy (non-hydrogen) atoms. The fraction of sp³-hybridized carbons (Fsp3) is 0.100. The number of nitrogens with one attached hydrogen (secondary N) is 1. The molecule has 3 aromatic rings. The standard InChI is InChI=1S/C20H18N4OS/c1-14-13-15(2)23-20(22-14)26-18-9-6-17(7-10-18)24-19(25)11-8-16-5-3-4-12-21-16/h3-13H,1-2H3,(H,24,25)/b11-8+. The van der Waals surface area contributed by atoms with Crippen LogP contribution in [-0.4, -0.2) is 20.9 Å². The van der Waals surface area contributed by atoms with E-state index in [-0.39, 0.29) is 5.91 Å². The highest BCUT2D eigenvalue weighted by molar-refractivity contribution is 7.99. The lowest BCUT2D eigenvalue weighted by Crippen LogP contribution is -2.07. The van der Waals surface area contributed by atoms with Gasteiger partial charge in [0.05, 0.1) is 5.69 Å². The SMILES string of the molecule is Cc1cc(C)nc(Sc2ccc(NC(=O)/C=C/c3ccccn3)cc2)n1. The van der Waals surface area contributed by atoms with E-state index in [9.17, 15) is 4.79 Å². The van der Waals surface area contributed by atoms with Crippen molar-refractivity contribution in [1.82, 2.24) is 15.0 Å². The van der Waals surface area contributed by atoms with E-state index in [0.717, 1.165) is 32.8 Å². The minimum absolute atomic E-state index is 0.200. The molecular formula is C20H18N4OS. The van der Waals surface area contributed by atoms with Crippen LogP contribution in [0.15, 0.2) is 70.9 Å². The molecular weight excluding hydrogens is 344 g/mol. The van der Waals surface area contributed by atoms with E-state index in [4.69, 9.17) is 0 Å². The number of amides is 1. The van der Waals surface area contributed by atoms with Crippen LogP contribution in [0.3, 0.4) is 0 Å². The Morgan fingerprint density at radius 2 is 1.77 bits per heavy atom. The molecule has 0 radical (unpaired) electrons. The van der Waals surface area contributed by atoms with Crippen LogP contribution in [0.25, 0.3) is 6.08 Å². The zero-order valence-corrected chi connectivity index (χ0v) is 15.3. The van der Waals surface area contributed by atoms with Gasteiger partial charge in [0.2, 0.25) is 5.91 Å². The Balaban J connectivity index is 1.60. The normalized spacial score (nSPS) is 10.8. The smallest absolute Gasteiger partial charge is 0.248 e. The van der Waals surface area contributed by atoms with Crippen LogP contribution in [-0.2, 0) is 4.79 Å². The maximum atomic E-state index is 12.0. The van der Waals surface area contributed by atoms with E-state index < -0.39 is 0 Å². The molecule has 0 aliphatic rings. The monoisotopic (exact) mass is 362 g/mol. The maximum Gasteiger partial charge on any atom is 0.248 e. The fourth-order valence-electron chi connectivity index (χ4n) is 2.27. The first-order chi connectivity index (χ1) is 12.6. The number of nitrogens with zero attached hydrogens (tertiary/aromatic N) is 3. The summed E-state index contributed by atoms with van der Waals surface area (Å²) in [4.78, 5) is 26.0. The predicted molar refractivity (Wildman–Crippen MR) is 104 cm³/mol. The molecule has 0 saturated carbocycles. The Bertz CT molecular complexity index is 904. The maximum absolute atomic E-state index is 12.0. The van der Waals surface area contributed by atoms with Crippen molar-refractivity contribution in [3.8, 4) is 0 Å². The summed E-state index contributed by atoms with van der Waals surface area (Å²) in [7, 11) is 0. The number of hydrogen-bond donors (Lipinski definition) is 1. The number of hydrogen-bond acceptors (Lipinski definition) is 5. The van der Waals surface area contributed by atoms with Crippen LogP contribution < -0.4 is 5.32 Å². The van der Waals surface area contributed by atoms with E-state index >= 15 is 0 Å². The molecule has 0 unspecified atom stereocenters. The summed E-state index contributed by atoms with van der Waals surface area (Å²) >= 11 is 1.49. The molecule has 0 aliphatic heterocycles. The third kappa shape index (κ3) is 5.26. The van der Waals surface area contributed by atoms with Crippen LogP contribution in [0.1, 0.15) is 17.1 Å². The third-order valence-electron chi connectivity index (χ3n) is 3.39. The summed E-state index contributed by atoms with van der Waals surface area (Å²) in [6.07, 6.45) is 4.83. The Kier molecular flexibility index (Phi) is 5.76. The van der Waals surface area contributed by atoms with Crippen LogP contribution in [0.4, 0.5) is 5.69 Å². The van der Waals surface area contributed by atoms with Gasteiger partial charge in [0, 0.05) is 34.2 Å². The number of aryl methyl sites for hydroxylation is 2. The van der Waals surface area contributed by atoms with Gasteiger partial charge in [-0.25, -0.2) is 9.97 Å². The molecule has 0 fully saturated rings. The third-order valence-corrected chi connectivity index (χ3v) is 4.26. The molecule has 0 saturated heterocycles. The molecule has 2 heterocycles. The van der Waals surface area contributed by atoms with Gasteiger partial charge in [-0.15, -0.1) is 0 Å². The second-order valence-electron chi connectivity index (χ2n) is 5.64. The summed E-state index contributed by atoms with van der Waals surface area (Å²) in [5, 5.41) is 3.55. The lowest BCUT2D eigenvalue weighted by Gasteiger charge is -2.05. The number of pyridine rings is 1. The highest BCUT2D eigenvalue weighted by Crippen LogP contribution is 2.26. The van der Waals surface area contributed by atoms with Crippen molar-refractivity contribution in [3.05, 3.63) is 77.9 Å². The highest BCUT2D eigenvalue weighted by atomic mass is 32.2. The molecule has 130 valence electrons. The number of rotatable bonds is 5. The minimum atomic E-state index is -0.200. The summed E-state index contributed by atoms with van der Waals surface area (Å²) < 4.78 is 0. The molecule has 0 bridgehead atoms. The Labute approximate surface area is 156 Å². The van der Waals surface area contributed by atoms with Crippen molar-refractivity contribution in [2.45, 2.75) is 23.9 Å². The molecule has 6 heteroatoms. The average molecular weight is 362 g/mol. The summed E-state index contributed by atoms with van der Waals surface area (Å²) in [5.74, 6) is -0.200. The number of anilines is 1. The minimum Gasteiger partial charge on any atom is -0.323 e. The molecule has 2 aromatic heterocycles. The Morgan fingerprint density at radius 1 is 1.04 bits per heavy atom. The largest absolute Gasteiger partial charge is 0.323 e. The zero-order valence-electron chi connectivity index (χ0n) is 14.5. The van der Waals surface area contributed by atoms with Gasteiger partial charge in [-0.05, 0) is 74.1 Å². The number of carbonyl (C=O) groups excluding carboxylic acids is 1. The predicted octanol–water partition coefficient (Wildman–Crippen LogP) is 4.29. The van der Waals surface area contributed by atoms with Crippen molar-refractivity contribution >= 4 is 29.4 Å². The van der Waals surface area contributed by atoms with Gasteiger partial charge in [-0.2, -0.15) is 0 Å². The topological polar surface area (TPSA) is 67.8 Å². The lowest BCUT2D eigenvalue weighted by molar-refractivity contribution is -0.111. The number of aromatic nitrogens is 3. The second-order valence-corrected chi connectivity index (χ2v) is 6.68. The first-order valence-electron chi connectivity index (χ1n) is 8.09. The number of benzene rings is 1. The van der Waals surface area contributed by atoms with Crippen LogP contribution in [0, 0.1) is 13.8 Å². The van der Waals surface area contributed by atoms with E-state index in [1.807, 2.05) is 62.4 Å².